The molecule has 2 nitrogen and oxygen atoms in total. The number of carbonyl (C=O) groups is 1. The Bertz CT molecular complexity index is 520. The highest BCUT2D eigenvalue weighted by atomic mass is 32.2. The van der Waals surface area contributed by atoms with E-state index in [1.165, 1.54) is 5.56 Å². The Morgan fingerprint density at radius 3 is 2.32 bits per heavy atom. The summed E-state index contributed by atoms with van der Waals surface area (Å²) < 4.78 is 0. The van der Waals surface area contributed by atoms with Gasteiger partial charge in [0.25, 0.3) is 0 Å². The predicted molar refractivity (Wildman–Crippen MR) is 78.9 cm³/mol. The van der Waals surface area contributed by atoms with Gasteiger partial charge in [-0.3, -0.25) is 0 Å². The molecule has 2 aromatic carbocycles. The zero-order valence-corrected chi connectivity index (χ0v) is 11.4. The van der Waals surface area contributed by atoms with Crippen molar-refractivity contribution >= 4 is 17.7 Å². The van der Waals surface area contributed by atoms with E-state index in [1.807, 2.05) is 18.2 Å². The Morgan fingerprint density at radius 2 is 1.68 bits per heavy atom. The second-order valence-electron chi connectivity index (χ2n) is 4.27. The van der Waals surface area contributed by atoms with Gasteiger partial charge in [-0.1, -0.05) is 30.3 Å². The zero-order chi connectivity index (χ0) is 13.5. The van der Waals surface area contributed by atoms with E-state index < -0.39 is 5.97 Å². The molecule has 98 valence electrons. The maximum Gasteiger partial charge on any atom is 0.335 e. The van der Waals surface area contributed by atoms with Crippen molar-refractivity contribution in [2.45, 2.75) is 17.7 Å². The van der Waals surface area contributed by atoms with Gasteiger partial charge in [0.2, 0.25) is 0 Å². The quantitative estimate of drug-likeness (QED) is 0.635. The summed E-state index contributed by atoms with van der Waals surface area (Å²) >= 11 is 1.77. The molecule has 3 heteroatoms. The largest absolute Gasteiger partial charge is 0.478 e. The van der Waals surface area contributed by atoms with Crippen LogP contribution in [0.2, 0.25) is 0 Å². The first-order valence-corrected chi connectivity index (χ1v) is 7.24. The smallest absolute Gasteiger partial charge is 0.335 e. The third-order valence-electron chi connectivity index (χ3n) is 2.82. The van der Waals surface area contributed by atoms with Gasteiger partial charge in [-0.05, 0) is 48.4 Å². The Hall–Kier alpha value is -1.74. The van der Waals surface area contributed by atoms with Crippen LogP contribution in [0.5, 0.6) is 0 Å². The van der Waals surface area contributed by atoms with Gasteiger partial charge in [0.1, 0.15) is 0 Å². The lowest BCUT2D eigenvalue weighted by atomic mass is 10.1. The second-order valence-corrected chi connectivity index (χ2v) is 5.44. The van der Waals surface area contributed by atoms with Crippen LogP contribution in [-0.2, 0) is 6.42 Å². The zero-order valence-electron chi connectivity index (χ0n) is 10.6. The highest BCUT2D eigenvalue weighted by molar-refractivity contribution is 7.99. The first-order chi connectivity index (χ1) is 9.25. The minimum atomic E-state index is -0.874. The highest BCUT2D eigenvalue weighted by Gasteiger charge is 2.01. The lowest BCUT2D eigenvalue weighted by Crippen LogP contribution is -1.94. The Labute approximate surface area is 117 Å². The van der Waals surface area contributed by atoms with Crippen molar-refractivity contribution in [3.63, 3.8) is 0 Å². The van der Waals surface area contributed by atoms with Crippen molar-refractivity contribution < 1.29 is 9.90 Å². The molecule has 0 aromatic heterocycles. The molecule has 0 saturated carbocycles. The molecule has 0 aliphatic rings. The fourth-order valence-corrected chi connectivity index (χ4v) is 2.66. The topological polar surface area (TPSA) is 37.3 Å². The summed E-state index contributed by atoms with van der Waals surface area (Å²) in [6.45, 7) is 0. The molecule has 2 rings (SSSR count). The van der Waals surface area contributed by atoms with Crippen molar-refractivity contribution in [2.24, 2.45) is 0 Å². The molecule has 0 unspecified atom stereocenters. The molecule has 0 spiro atoms. The third-order valence-corrected chi connectivity index (χ3v) is 3.92. The van der Waals surface area contributed by atoms with Crippen LogP contribution in [0.4, 0.5) is 0 Å². The van der Waals surface area contributed by atoms with E-state index in [4.69, 9.17) is 5.11 Å². The van der Waals surface area contributed by atoms with Crippen LogP contribution in [0, 0.1) is 0 Å². The number of benzene rings is 2. The lowest BCUT2D eigenvalue weighted by Gasteiger charge is -2.03. The SMILES string of the molecule is O=C(O)c1ccc(SCCCc2ccccc2)cc1. The molecule has 2 aromatic rings. The summed E-state index contributed by atoms with van der Waals surface area (Å²) in [4.78, 5) is 11.8. The van der Waals surface area contributed by atoms with Crippen LogP contribution in [0.15, 0.2) is 59.5 Å². The van der Waals surface area contributed by atoms with Crippen LogP contribution in [0.25, 0.3) is 0 Å². The van der Waals surface area contributed by atoms with Gasteiger partial charge in [-0.25, -0.2) is 4.79 Å². The number of aromatic carboxylic acids is 1. The average Bonchev–Trinajstić information content (AvgIpc) is 2.45. The summed E-state index contributed by atoms with van der Waals surface area (Å²) in [5.74, 6) is 0.169. The number of aryl methyl sites for hydroxylation is 1. The third kappa shape index (κ3) is 4.45. The number of carboxylic acids is 1. The standard InChI is InChI=1S/C16H16O2S/c17-16(18)14-8-10-15(11-9-14)19-12-4-7-13-5-2-1-3-6-13/h1-3,5-6,8-11H,4,7,12H2,(H,17,18). The Kier molecular flexibility index (Phi) is 5.04. The van der Waals surface area contributed by atoms with Crippen LogP contribution < -0.4 is 0 Å². The maximum atomic E-state index is 10.7. The number of hydrogen-bond donors (Lipinski definition) is 1. The van der Waals surface area contributed by atoms with E-state index in [9.17, 15) is 4.79 Å². The maximum absolute atomic E-state index is 10.7. The van der Waals surface area contributed by atoms with E-state index in [-0.39, 0.29) is 0 Å². The first kappa shape index (κ1) is 13.7. The van der Waals surface area contributed by atoms with Gasteiger partial charge in [0, 0.05) is 4.90 Å². The van der Waals surface area contributed by atoms with Crippen molar-refractivity contribution in [2.75, 3.05) is 5.75 Å². The van der Waals surface area contributed by atoms with Crippen molar-refractivity contribution in [3.8, 4) is 0 Å². The molecule has 19 heavy (non-hydrogen) atoms. The molecule has 0 atom stereocenters. The van der Waals surface area contributed by atoms with Gasteiger partial charge in [0.15, 0.2) is 0 Å². The van der Waals surface area contributed by atoms with Crippen LogP contribution in [0.3, 0.4) is 0 Å². The molecule has 1 N–H and O–H groups in total. The average molecular weight is 272 g/mol. The molecule has 0 amide bonds. The number of hydrogen-bond acceptors (Lipinski definition) is 2. The van der Waals surface area contributed by atoms with Crippen LogP contribution in [-0.4, -0.2) is 16.8 Å². The molecular formula is C16H16O2S. The van der Waals surface area contributed by atoms with E-state index in [0.29, 0.717) is 5.56 Å². The molecule has 0 saturated heterocycles. The fourth-order valence-electron chi connectivity index (χ4n) is 1.80. The molecule has 0 aliphatic carbocycles. The minimum Gasteiger partial charge on any atom is -0.478 e. The Morgan fingerprint density at radius 1 is 1.00 bits per heavy atom. The highest BCUT2D eigenvalue weighted by Crippen LogP contribution is 2.20. The van der Waals surface area contributed by atoms with Gasteiger partial charge in [0.05, 0.1) is 5.56 Å². The van der Waals surface area contributed by atoms with E-state index in [2.05, 4.69) is 24.3 Å². The van der Waals surface area contributed by atoms with Gasteiger partial charge >= 0.3 is 5.97 Å². The van der Waals surface area contributed by atoms with Crippen molar-refractivity contribution in [1.82, 2.24) is 0 Å². The molecule has 0 aliphatic heterocycles. The van der Waals surface area contributed by atoms with Crippen LogP contribution in [0.1, 0.15) is 22.3 Å². The summed E-state index contributed by atoms with van der Waals surface area (Å²) in [5, 5.41) is 8.81. The molecule has 0 radical (unpaired) electrons. The van der Waals surface area contributed by atoms with E-state index in [1.54, 1.807) is 23.9 Å². The predicted octanol–water partition coefficient (Wildman–Crippen LogP) is 4.11. The number of rotatable bonds is 6. The van der Waals surface area contributed by atoms with E-state index >= 15 is 0 Å². The van der Waals surface area contributed by atoms with Gasteiger partial charge in [-0.2, -0.15) is 0 Å². The van der Waals surface area contributed by atoms with Crippen molar-refractivity contribution in [1.29, 1.82) is 0 Å². The van der Waals surface area contributed by atoms with Crippen LogP contribution >= 0.6 is 11.8 Å². The van der Waals surface area contributed by atoms with Crippen molar-refractivity contribution in [3.05, 3.63) is 65.7 Å². The number of thioether (sulfide) groups is 1. The first-order valence-electron chi connectivity index (χ1n) is 6.26. The monoisotopic (exact) mass is 272 g/mol. The lowest BCUT2D eigenvalue weighted by molar-refractivity contribution is 0.0697. The Balaban J connectivity index is 1.75. The minimum absolute atomic E-state index is 0.341. The number of carboxylic acid groups (broad SMARTS) is 1. The molecule has 0 bridgehead atoms. The van der Waals surface area contributed by atoms with Gasteiger partial charge in [-0.15, -0.1) is 11.8 Å². The summed E-state index contributed by atoms with van der Waals surface area (Å²) in [7, 11) is 0. The van der Waals surface area contributed by atoms with Gasteiger partial charge < -0.3 is 5.11 Å². The summed E-state index contributed by atoms with van der Waals surface area (Å²) in [6.07, 6.45) is 2.20. The van der Waals surface area contributed by atoms with E-state index in [0.717, 1.165) is 23.5 Å². The molecular weight excluding hydrogens is 256 g/mol. The molecule has 0 heterocycles. The fraction of sp³-hybridized carbons (Fsp3) is 0.188. The second kappa shape index (κ2) is 7.00. The summed E-state index contributed by atoms with van der Waals surface area (Å²) in [6, 6.07) is 17.5. The normalized spacial score (nSPS) is 10.3. The summed E-state index contributed by atoms with van der Waals surface area (Å²) in [5.41, 5.74) is 1.71. The molecule has 0 fully saturated rings.